The van der Waals surface area contributed by atoms with Crippen molar-refractivity contribution in [3.05, 3.63) is 77.3 Å². The minimum Gasteiger partial charge on any atom is -0.358 e. The Morgan fingerprint density at radius 2 is 1.68 bits per heavy atom. The van der Waals surface area contributed by atoms with E-state index in [9.17, 15) is 14.4 Å². The first-order valence-corrected chi connectivity index (χ1v) is 14.5. The van der Waals surface area contributed by atoms with Gasteiger partial charge in [0.25, 0.3) is 0 Å². The van der Waals surface area contributed by atoms with Gasteiger partial charge in [0.2, 0.25) is 18.2 Å². The summed E-state index contributed by atoms with van der Waals surface area (Å²) in [4.78, 5) is 36.9. The summed E-state index contributed by atoms with van der Waals surface area (Å²) in [5.74, 6) is -0.333. The molecule has 3 rings (SSSR count). The normalized spacial score (nSPS) is 13.8. The molecule has 3 amide bonds. The summed E-state index contributed by atoms with van der Waals surface area (Å²) in [5.41, 5.74) is 0.659. The average molecular weight is 592 g/mol. The number of amides is 3. The van der Waals surface area contributed by atoms with Crippen molar-refractivity contribution in [2.45, 2.75) is 58.4 Å². The maximum atomic E-state index is 12.6. The molecular weight excluding hydrogens is 547 g/mol. The van der Waals surface area contributed by atoms with E-state index >= 15 is 0 Å². The summed E-state index contributed by atoms with van der Waals surface area (Å²) >= 11 is 11.5. The molecule has 40 heavy (non-hydrogen) atoms. The van der Waals surface area contributed by atoms with Crippen LogP contribution in [0.5, 0.6) is 0 Å². The molecular formula is C31H44Cl2N4O3. The molecule has 0 aromatic heterocycles. The first kappa shape index (κ1) is 35.2. The SMILES string of the molecule is C=CC.CC(=O)NC1CCN(CCCCCC(CNC=O)C(=O)Nc2cccc(Cl)c2)CC1.Clc1ccccc1. The van der Waals surface area contributed by atoms with Gasteiger partial charge in [-0.05, 0) is 69.5 Å². The Morgan fingerprint density at radius 1 is 1.02 bits per heavy atom. The Bertz CT molecular complexity index is 999. The van der Waals surface area contributed by atoms with Crippen LogP contribution in [0.4, 0.5) is 5.69 Å². The third-order valence-corrected chi connectivity index (χ3v) is 6.65. The van der Waals surface area contributed by atoms with Gasteiger partial charge in [-0.3, -0.25) is 14.4 Å². The van der Waals surface area contributed by atoms with Crippen LogP contribution in [0.2, 0.25) is 10.0 Å². The predicted molar refractivity (Wildman–Crippen MR) is 167 cm³/mol. The zero-order chi connectivity index (χ0) is 29.6. The maximum Gasteiger partial charge on any atom is 0.229 e. The fourth-order valence-corrected chi connectivity index (χ4v) is 4.57. The Morgan fingerprint density at radius 3 is 2.23 bits per heavy atom. The summed E-state index contributed by atoms with van der Waals surface area (Å²) in [6.07, 6.45) is 8.15. The monoisotopic (exact) mass is 590 g/mol. The van der Waals surface area contributed by atoms with Crippen LogP contribution in [0.3, 0.4) is 0 Å². The fourth-order valence-electron chi connectivity index (χ4n) is 4.23. The zero-order valence-electron chi connectivity index (χ0n) is 23.7. The van der Waals surface area contributed by atoms with Crippen molar-refractivity contribution < 1.29 is 14.4 Å². The van der Waals surface area contributed by atoms with Gasteiger partial charge in [-0.25, -0.2) is 0 Å². The molecule has 2 aromatic carbocycles. The van der Waals surface area contributed by atoms with Gasteiger partial charge < -0.3 is 20.9 Å². The highest BCUT2D eigenvalue weighted by Gasteiger charge is 2.20. The van der Waals surface area contributed by atoms with Crippen molar-refractivity contribution in [3.8, 4) is 0 Å². The Hall–Kier alpha value is -2.87. The molecule has 0 radical (unpaired) electrons. The number of unbranched alkanes of at least 4 members (excludes halogenated alkanes) is 2. The average Bonchev–Trinajstić information content (AvgIpc) is 2.92. The van der Waals surface area contributed by atoms with E-state index in [-0.39, 0.29) is 17.7 Å². The molecule has 7 nitrogen and oxygen atoms in total. The second-order valence-electron chi connectivity index (χ2n) is 9.59. The lowest BCUT2D eigenvalue weighted by Crippen LogP contribution is -2.44. The third-order valence-electron chi connectivity index (χ3n) is 6.17. The maximum absolute atomic E-state index is 12.6. The van der Waals surface area contributed by atoms with Crippen molar-refractivity contribution in [1.82, 2.24) is 15.5 Å². The molecule has 220 valence electrons. The van der Waals surface area contributed by atoms with Gasteiger partial charge in [0.1, 0.15) is 0 Å². The predicted octanol–water partition coefficient (Wildman–Crippen LogP) is 6.33. The number of benzene rings is 2. The second-order valence-corrected chi connectivity index (χ2v) is 10.5. The molecule has 9 heteroatoms. The van der Waals surface area contributed by atoms with Gasteiger partial charge in [-0.2, -0.15) is 0 Å². The van der Waals surface area contributed by atoms with Crippen molar-refractivity contribution in [3.63, 3.8) is 0 Å². The van der Waals surface area contributed by atoms with Gasteiger partial charge >= 0.3 is 0 Å². The van der Waals surface area contributed by atoms with Crippen LogP contribution in [0.15, 0.2) is 67.3 Å². The molecule has 0 spiro atoms. The molecule has 2 aromatic rings. The lowest BCUT2D eigenvalue weighted by atomic mass is 9.99. The van der Waals surface area contributed by atoms with Gasteiger partial charge in [-0.1, -0.05) is 66.4 Å². The molecule has 1 heterocycles. The number of halogens is 2. The summed E-state index contributed by atoms with van der Waals surface area (Å²) in [6, 6.07) is 16.8. The van der Waals surface area contributed by atoms with Crippen molar-refractivity contribution >= 4 is 47.1 Å². The van der Waals surface area contributed by atoms with Crippen LogP contribution in [-0.4, -0.2) is 55.3 Å². The van der Waals surface area contributed by atoms with E-state index in [4.69, 9.17) is 23.2 Å². The quantitative estimate of drug-likeness (QED) is 0.153. The van der Waals surface area contributed by atoms with Crippen LogP contribution in [0.25, 0.3) is 0 Å². The highest BCUT2D eigenvalue weighted by atomic mass is 35.5. The number of nitrogens with one attached hydrogen (secondary N) is 3. The highest BCUT2D eigenvalue weighted by Crippen LogP contribution is 2.18. The Balaban J connectivity index is 0.000000673. The molecule has 0 bridgehead atoms. The molecule has 1 aliphatic heterocycles. The number of likely N-dealkylation sites (tertiary alicyclic amines) is 1. The van der Waals surface area contributed by atoms with E-state index in [1.165, 1.54) is 0 Å². The molecule has 1 atom stereocenters. The number of allylic oxidation sites excluding steroid dienone is 1. The van der Waals surface area contributed by atoms with E-state index < -0.39 is 0 Å². The fraction of sp³-hybridized carbons (Fsp3) is 0.452. The summed E-state index contributed by atoms with van der Waals surface area (Å²) in [7, 11) is 0. The first-order valence-electron chi connectivity index (χ1n) is 13.8. The number of nitrogens with zero attached hydrogens (tertiary/aromatic N) is 1. The van der Waals surface area contributed by atoms with Crippen LogP contribution in [0.1, 0.15) is 52.4 Å². The van der Waals surface area contributed by atoms with Gasteiger partial charge in [0.15, 0.2) is 0 Å². The number of carbonyl (C=O) groups excluding carboxylic acids is 3. The number of hydrogen-bond acceptors (Lipinski definition) is 4. The van der Waals surface area contributed by atoms with Crippen molar-refractivity contribution in [2.75, 3.05) is 31.5 Å². The number of rotatable bonds is 12. The van der Waals surface area contributed by atoms with Crippen LogP contribution >= 0.6 is 23.2 Å². The van der Waals surface area contributed by atoms with Crippen LogP contribution in [-0.2, 0) is 14.4 Å². The molecule has 1 fully saturated rings. The summed E-state index contributed by atoms with van der Waals surface area (Å²) in [6.45, 7) is 10.2. The van der Waals surface area contributed by atoms with Crippen LogP contribution < -0.4 is 16.0 Å². The molecule has 1 unspecified atom stereocenters. The lowest BCUT2D eigenvalue weighted by Gasteiger charge is -2.32. The number of carbonyl (C=O) groups is 3. The minimum absolute atomic E-state index is 0.0477. The number of piperidine rings is 1. The zero-order valence-corrected chi connectivity index (χ0v) is 25.2. The smallest absolute Gasteiger partial charge is 0.229 e. The van der Waals surface area contributed by atoms with E-state index in [2.05, 4.69) is 27.4 Å². The van der Waals surface area contributed by atoms with Crippen molar-refractivity contribution in [2.24, 2.45) is 5.92 Å². The number of anilines is 1. The molecule has 0 aliphatic carbocycles. The molecule has 1 aliphatic rings. The van der Waals surface area contributed by atoms with E-state index in [0.29, 0.717) is 29.7 Å². The molecule has 3 N–H and O–H groups in total. The largest absolute Gasteiger partial charge is 0.358 e. The van der Waals surface area contributed by atoms with E-state index in [1.54, 1.807) is 37.3 Å². The summed E-state index contributed by atoms with van der Waals surface area (Å²) < 4.78 is 0. The minimum atomic E-state index is -0.275. The van der Waals surface area contributed by atoms with E-state index in [0.717, 1.165) is 63.2 Å². The summed E-state index contributed by atoms with van der Waals surface area (Å²) in [5, 5.41) is 9.87. The van der Waals surface area contributed by atoms with Gasteiger partial charge in [0, 0.05) is 48.3 Å². The Labute approximate surface area is 249 Å². The van der Waals surface area contributed by atoms with Gasteiger partial charge in [0.05, 0.1) is 5.92 Å². The molecule has 1 saturated heterocycles. The number of hydrogen-bond donors (Lipinski definition) is 3. The van der Waals surface area contributed by atoms with E-state index in [1.807, 2.05) is 37.3 Å². The lowest BCUT2D eigenvalue weighted by molar-refractivity contribution is -0.121. The third kappa shape index (κ3) is 17.0. The standard InChI is InChI=1S/C22H33ClN4O3.C6H5Cl.C3H6/c1-17(29)25-20-9-12-27(13-10-20)11-4-2-3-6-18(15-24-16-28)22(30)26-21-8-5-7-19(23)14-21;7-6-4-2-1-3-5-6;1-3-2/h5,7-8,14,16,18,20H,2-4,6,9-13,15H2,1H3,(H,24,28)(H,25,29)(H,26,30);1-5H;3H,1H2,2H3. The Kier molecular flexibility index (Phi) is 19.2. The first-order chi connectivity index (χ1) is 19.3. The van der Waals surface area contributed by atoms with Crippen molar-refractivity contribution in [1.29, 1.82) is 0 Å². The second kappa shape index (κ2) is 21.9. The topological polar surface area (TPSA) is 90.5 Å². The van der Waals surface area contributed by atoms with Crippen LogP contribution in [0, 0.1) is 5.92 Å². The molecule has 0 saturated carbocycles. The highest BCUT2D eigenvalue weighted by molar-refractivity contribution is 6.31. The van der Waals surface area contributed by atoms with Gasteiger partial charge in [-0.15, -0.1) is 6.58 Å².